The number of pyridine rings is 1. The van der Waals surface area contributed by atoms with E-state index in [0.717, 1.165) is 0 Å². The second kappa shape index (κ2) is 3.94. The lowest BCUT2D eigenvalue weighted by Gasteiger charge is -2.20. The van der Waals surface area contributed by atoms with E-state index in [2.05, 4.69) is 28.9 Å². The zero-order chi connectivity index (χ0) is 8.23. The van der Waals surface area contributed by atoms with Gasteiger partial charge in [-0.05, 0) is 30.7 Å². The van der Waals surface area contributed by atoms with Crippen LogP contribution in [0.25, 0.3) is 0 Å². The molecule has 64 valence electrons. The van der Waals surface area contributed by atoms with Gasteiger partial charge in [-0.1, -0.05) is 12.5 Å². The van der Waals surface area contributed by atoms with Crippen LogP contribution in [0.15, 0.2) is 24.4 Å². The molecule has 1 aliphatic heterocycles. The van der Waals surface area contributed by atoms with Crippen LogP contribution in [0.2, 0.25) is 0 Å². The molecule has 0 saturated carbocycles. The van der Waals surface area contributed by atoms with Gasteiger partial charge in [0.15, 0.2) is 0 Å². The molecule has 1 atom stereocenters. The largest absolute Gasteiger partial charge is 0.260 e. The first-order chi connectivity index (χ1) is 5.97. The van der Waals surface area contributed by atoms with E-state index in [1.54, 1.807) is 0 Å². The maximum absolute atomic E-state index is 4.38. The van der Waals surface area contributed by atoms with Crippen molar-refractivity contribution in [3.8, 4) is 0 Å². The van der Waals surface area contributed by atoms with Crippen molar-refractivity contribution in [2.24, 2.45) is 0 Å². The van der Waals surface area contributed by atoms with Crippen molar-refractivity contribution in [3.63, 3.8) is 0 Å². The lowest BCUT2D eigenvalue weighted by atomic mass is 10.1. The monoisotopic (exact) mass is 179 g/mol. The van der Waals surface area contributed by atoms with Crippen molar-refractivity contribution in [1.82, 2.24) is 4.98 Å². The average molecular weight is 179 g/mol. The number of aromatic nitrogens is 1. The van der Waals surface area contributed by atoms with Gasteiger partial charge in [0.25, 0.3) is 0 Å². The average Bonchev–Trinajstić information content (AvgIpc) is 2.21. The fourth-order valence-corrected chi connectivity index (χ4v) is 2.84. The molecule has 0 radical (unpaired) electrons. The highest BCUT2D eigenvalue weighted by Crippen LogP contribution is 2.36. The van der Waals surface area contributed by atoms with Gasteiger partial charge in [-0.2, -0.15) is 11.8 Å². The van der Waals surface area contributed by atoms with Crippen LogP contribution < -0.4 is 0 Å². The zero-order valence-electron chi connectivity index (χ0n) is 7.07. The molecule has 2 heterocycles. The Morgan fingerprint density at radius 1 is 1.33 bits per heavy atom. The summed E-state index contributed by atoms with van der Waals surface area (Å²) in [4.78, 5) is 4.38. The highest BCUT2D eigenvalue weighted by Gasteiger charge is 2.16. The third-order valence-electron chi connectivity index (χ3n) is 2.20. The van der Waals surface area contributed by atoms with E-state index in [9.17, 15) is 0 Å². The summed E-state index contributed by atoms with van der Waals surface area (Å²) in [6.07, 6.45) is 5.95. The Bertz CT molecular complexity index is 229. The Balaban J connectivity index is 2.08. The summed E-state index contributed by atoms with van der Waals surface area (Å²) in [7, 11) is 0. The highest BCUT2D eigenvalue weighted by molar-refractivity contribution is 7.99. The van der Waals surface area contributed by atoms with E-state index in [1.165, 1.54) is 30.7 Å². The first-order valence-electron chi connectivity index (χ1n) is 4.49. The van der Waals surface area contributed by atoms with Crippen molar-refractivity contribution < 1.29 is 0 Å². The van der Waals surface area contributed by atoms with E-state index in [-0.39, 0.29) is 0 Å². The van der Waals surface area contributed by atoms with Crippen LogP contribution in [0.1, 0.15) is 30.2 Å². The van der Waals surface area contributed by atoms with Crippen molar-refractivity contribution in [2.75, 3.05) is 5.75 Å². The molecule has 0 N–H and O–H groups in total. The predicted octanol–water partition coefficient (Wildman–Crippen LogP) is 3.04. The van der Waals surface area contributed by atoms with E-state index < -0.39 is 0 Å². The standard InChI is InChI=1S/C10H13NS/c1-3-7-11-9(5-1)10-6-2-4-8-12-10/h1,3,5,7,10H,2,4,6,8H2. The third-order valence-corrected chi connectivity index (χ3v) is 3.60. The van der Waals surface area contributed by atoms with E-state index in [1.807, 2.05) is 12.3 Å². The van der Waals surface area contributed by atoms with Crippen LogP contribution in [-0.2, 0) is 0 Å². The molecule has 1 unspecified atom stereocenters. The van der Waals surface area contributed by atoms with E-state index in [4.69, 9.17) is 0 Å². The minimum Gasteiger partial charge on any atom is -0.260 e. The van der Waals surface area contributed by atoms with Crippen LogP contribution in [0.3, 0.4) is 0 Å². The number of thioether (sulfide) groups is 1. The molecule has 1 saturated heterocycles. The molecule has 0 bridgehead atoms. The minimum atomic E-state index is 0.667. The third kappa shape index (κ3) is 1.81. The van der Waals surface area contributed by atoms with Crippen LogP contribution in [-0.4, -0.2) is 10.7 Å². The normalized spacial score (nSPS) is 23.8. The Hall–Kier alpha value is -0.500. The van der Waals surface area contributed by atoms with Crippen LogP contribution >= 0.6 is 11.8 Å². The van der Waals surface area contributed by atoms with Crippen LogP contribution in [0.5, 0.6) is 0 Å². The molecule has 1 aromatic rings. The van der Waals surface area contributed by atoms with Crippen molar-refractivity contribution in [2.45, 2.75) is 24.5 Å². The number of rotatable bonds is 1. The first-order valence-corrected chi connectivity index (χ1v) is 5.54. The van der Waals surface area contributed by atoms with Crippen molar-refractivity contribution in [3.05, 3.63) is 30.1 Å². The molecule has 0 spiro atoms. The molecule has 1 nitrogen and oxygen atoms in total. The second-order valence-corrected chi connectivity index (χ2v) is 4.42. The summed E-state index contributed by atoms with van der Waals surface area (Å²) in [6, 6.07) is 6.21. The number of hydrogen-bond acceptors (Lipinski definition) is 2. The van der Waals surface area contributed by atoms with Gasteiger partial charge in [-0.25, -0.2) is 0 Å². The van der Waals surface area contributed by atoms with Gasteiger partial charge in [0, 0.05) is 11.4 Å². The molecule has 1 aromatic heterocycles. The van der Waals surface area contributed by atoms with Crippen LogP contribution in [0.4, 0.5) is 0 Å². The van der Waals surface area contributed by atoms with Gasteiger partial charge in [0.2, 0.25) is 0 Å². The lowest BCUT2D eigenvalue weighted by molar-refractivity contribution is 0.676. The maximum atomic E-state index is 4.38. The molecule has 2 rings (SSSR count). The molecule has 12 heavy (non-hydrogen) atoms. The molecular formula is C10H13NS. The summed E-state index contributed by atoms with van der Waals surface area (Å²) in [5.41, 5.74) is 1.27. The van der Waals surface area contributed by atoms with Gasteiger partial charge < -0.3 is 0 Å². The maximum Gasteiger partial charge on any atom is 0.0533 e. The number of hydrogen-bond donors (Lipinski definition) is 0. The number of nitrogens with zero attached hydrogens (tertiary/aromatic N) is 1. The van der Waals surface area contributed by atoms with Crippen LogP contribution in [0, 0.1) is 0 Å². The van der Waals surface area contributed by atoms with Gasteiger partial charge in [-0.3, -0.25) is 4.98 Å². The SMILES string of the molecule is c1ccc(C2CCCCS2)nc1. The van der Waals surface area contributed by atoms with Gasteiger partial charge in [-0.15, -0.1) is 0 Å². The Labute approximate surface area is 77.6 Å². The summed E-state index contributed by atoms with van der Waals surface area (Å²) in [5, 5.41) is 0.667. The first kappa shape index (κ1) is 8.11. The molecular weight excluding hydrogens is 166 g/mol. The fraction of sp³-hybridized carbons (Fsp3) is 0.500. The molecule has 2 heteroatoms. The summed E-state index contributed by atoms with van der Waals surface area (Å²) in [6.45, 7) is 0. The summed E-state index contributed by atoms with van der Waals surface area (Å²) < 4.78 is 0. The smallest absolute Gasteiger partial charge is 0.0533 e. The molecule has 1 aliphatic rings. The van der Waals surface area contributed by atoms with Crippen molar-refractivity contribution in [1.29, 1.82) is 0 Å². The minimum absolute atomic E-state index is 0.667. The Morgan fingerprint density at radius 2 is 2.33 bits per heavy atom. The summed E-state index contributed by atoms with van der Waals surface area (Å²) in [5.74, 6) is 1.31. The zero-order valence-corrected chi connectivity index (χ0v) is 7.89. The van der Waals surface area contributed by atoms with Gasteiger partial charge >= 0.3 is 0 Å². The Kier molecular flexibility index (Phi) is 2.67. The highest BCUT2D eigenvalue weighted by atomic mass is 32.2. The molecule has 1 fully saturated rings. The second-order valence-electron chi connectivity index (χ2n) is 3.11. The fourth-order valence-electron chi connectivity index (χ4n) is 1.54. The molecule has 0 amide bonds. The molecule has 0 aliphatic carbocycles. The van der Waals surface area contributed by atoms with E-state index in [0.29, 0.717) is 5.25 Å². The van der Waals surface area contributed by atoms with Crippen molar-refractivity contribution >= 4 is 11.8 Å². The molecule has 0 aromatic carbocycles. The lowest BCUT2D eigenvalue weighted by Crippen LogP contribution is -2.03. The summed E-state index contributed by atoms with van der Waals surface area (Å²) >= 11 is 2.05. The Morgan fingerprint density at radius 3 is 3.00 bits per heavy atom. The van der Waals surface area contributed by atoms with Gasteiger partial charge in [0.05, 0.1) is 5.69 Å². The van der Waals surface area contributed by atoms with Gasteiger partial charge in [0.1, 0.15) is 0 Å². The topological polar surface area (TPSA) is 12.9 Å². The van der Waals surface area contributed by atoms with E-state index >= 15 is 0 Å². The quantitative estimate of drug-likeness (QED) is 0.657. The predicted molar refractivity (Wildman–Crippen MR) is 53.3 cm³/mol.